The molecule has 2 saturated heterocycles. The van der Waals surface area contributed by atoms with Crippen molar-refractivity contribution in [2.45, 2.75) is 36.4 Å². The Bertz CT molecular complexity index is 1290. The SMILES string of the molecule is Cn1cc(S(=O)(=O)N2CCN(C3CC(CNC(=O)c4ccc(C(F)(F)F)cc4C(F)(F)F)CCO3)CC2)nn1. The molecule has 2 aliphatic heterocycles. The number of sulfonamides is 1. The highest BCUT2D eigenvalue weighted by atomic mass is 32.2. The van der Waals surface area contributed by atoms with Crippen molar-refractivity contribution in [3.05, 3.63) is 41.1 Å². The molecule has 3 heterocycles. The molecule has 1 aromatic heterocycles. The van der Waals surface area contributed by atoms with Crippen LogP contribution in [0.2, 0.25) is 0 Å². The number of alkyl halides is 6. The summed E-state index contributed by atoms with van der Waals surface area (Å²) in [6.45, 7) is 1.42. The van der Waals surface area contributed by atoms with Gasteiger partial charge in [-0.1, -0.05) is 5.21 Å². The van der Waals surface area contributed by atoms with Gasteiger partial charge in [0, 0.05) is 46.4 Å². The highest BCUT2D eigenvalue weighted by Crippen LogP contribution is 2.37. The number of carbonyl (C=O) groups is 1. The molecular formula is C22H26F6N6O4S. The number of carbonyl (C=O) groups excluding carboxylic acids is 1. The number of piperazine rings is 1. The van der Waals surface area contributed by atoms with Crippen molar-refractivity contribution in [1.82, 2.24) is 29.5 Å². The Balaban J connectivity index is 1.34. The van der Waals surface area contributed by atoms with Gasteiger partial charge in [0.1, 0.15) is 6.23 Å². The zero-order valence-corrected chi connectivity index (χ0v) is 21.5. The molecule has 1 N–H and O–H groups in total. The zero-order valence-electron chi connectivity index (χ0n) is 20.7. The van der Waals surface area contributed by atoms with Gasteiger partial charge in [-0.25, -0.2) is 8.42 Å². The number of aromatic nitrogens is 3. The number of nitrogens with one attached hydrogen (secondary N) is 1. The third kappa shape index (κ3) is 6.70. The molecule has 2 atom stereocenters. The van der Waals surface area contributed by atoms with Crippen LogP contribution in [0, 0.1) is 5.92 Å². The van der Waals surface area contributed by atoms with Crippen LogP contribution < -0.4 is 5.32 Å². The minimum atomic E-state index is -5.15. The second-order valence-electron chi connectivity index (χ2n) is 9.35. The van der Waals surface area contributed by atoms with Crippen molar-refractivity contribution in [3.63, 3.8) is 0 Å². The molecule has 0 bridgehead atoms. The van der Waals surface area contributed by atoms with Crippen molar-refractivity contribution in [2.75, 3.05) is 39.3 Å². The number of nitrogens with zero attached hydrogens (tertiary/aromatic N) is 5. The van der Waals surface area contributed by atoms with E-state index in [0.29, 0.717) is 44.7 Å². The predicted octanol–water partition coefficient (Wildman–Crippen LogP) is 2.34. The fraction of sp³-hybridized carbons (Fsp3) is 0.591. The summed E-state index contributed by atoms with van der Waals surface area (Å²) in [4.78, 5) is 14.5. The largest absolute Gasteiger partial charge is 0.417 e. The number of hydrogen-bond donors (Lipinski definition) is 1. The summed E-state index contributed by atoms with van der Waals surface area (Å²) >= 11 is 0. The van der Waals surface area contributed by atoms with Crippen LogP contribution in [0.15, 0.2) is 29.4 Å². The maximum absolute atomic E-state index is 13.4. The fourth-order valence-corrected chi connectivity index (χ4v) is 5.91. The monoisotopic (exact) mass is 584 g/mol. The van der Waals surface area contributed by atoms with Crippen molar-refractivity contribution >= 4 is 15.9 Å². The molecule has 2 fully saturated rings. The quantitative estimate of drug-likeness (QED) is 0.520. The number of aryl methyl sites for hydroxylation is 1. The minimum Gasteiger partial charge on any atom is -0.363 e. The molecule has 1 aromatic carbocycles. The lowest BCUT2D eigenvalue weighted by atomic mass is 9.97. The summed E-state index contributed by atoms with van der Waals surface area (Å²) < 4.78 is 113. The van der Waals surface area contributed by atoms with Crippen molar-refractivity contribution in [1.29, 1.82) is 0 Å². The van der Waals surface area contributed by atoms with Crippen LogP contribution in [-0.4, -0.2) is 84.1 Å². The second kappa shape index (κ2) is 11.0. The van der Waals surface area contributed by atoms with Crippen molar-refractivity contribution in [3.8, 4) is 0 Å². The molecule has 2 aromatic rings. The van der Waals surface area contributed by atoms with Gasteiger partial charge in [-0.15, -0.1) is 5.10 Å². The van der Waals surface area contributed by atoms with Gasteiger partial charge in [-0.05, 0) is 37.0 Å². The fourth-order valence-electron chi connectivity index (χ4n) is 4.58. The molecule has 1 amide bonds. The van der Waals surface area contributed by atoms with E-state index in [1.807, 2.05) is 4.90 Å². The number of ether oxygens (including phenoxy) is 1. The van der Waals surface area contributed by atoms with Crippen LogP contribution in [-0.2, 0) is 34.2 Å². The maximum atomic E-state index is 13.4. The molecule has 10 nitrogen and oxygen atoms in total. The summed E-state index contributed by atoms with van der Waals surface area (Å²) in [5, 5.41) is 9.59. The van der Waals surface area contributed by atoms with E-state index < -0.39 is 45.0 Å². The molecule has 2 aliphatic rings. The summed E-state index contributed by atoms with van der Waals surface area (Å²) in [5.41, 5.74) is -4.04. The van der Waals surface area contributed by atoms with E-state index >= 15 is 0 Å². The molecule has 39 heavy (non-hydrogen) atoms. The normalized spacial score (nSPS) is 22.1. The van der Waals surface area contributed by atoms with Gasteiger partial charge in [0.15, 0.2) is 0 Å². The lowest BCUT2D eigenvalue weighted by Crippen LogP contribution is -2.54. The summed E-state index contributed by atoms with van der Waals surface area (Å²) in [6.07, 6.45) is -8.28. The Labute approximate surface area is 219 Å². The number of benzene rings is 1. The highest BCUT2D eigenvalue weighted by Gasteiger charge is 2.40. The van der Waals surface area contributed by atoms with Gasteiger partial charge in [0.25, 0.3) is 15.9 Å². The van der Waals surface area contributed by atoms with E-state index in [4.69, 9.17) is 4.74 Å². The van der Waals surface area contributed by atoms with Crippen LogP contribution in [0.1, 0.15) is 34.3 Å². The molecule has 0 saturated carbocycles. The van der Waals surface area contributed by atoms with Crippen molar-refractivity contribution < 1.29 is 44.3 Å². The van der Waals surface area contributed by atoms with Crippen LogP contribution in [0.4, 0.5) is 26.3 Å². The van der Waals surface area contributed by atoms with Gasteiger partial charge in [0.2, 0.25) is 5.03 Å². The highest BCUT2D eigenvalue weighted by molar-refractivity contribution is 7.89. The lowest BCUT2D eigenvalue weighted by molar-refractivity contribution is -0.143. The number of hydrogen-bond acceptors (Lipinski definition) is 7. The van der Waals surface area contributed by atoms with Crippen LogP contribution >= 0.6 is 0 Å². The van der Waals surface area contributed by atoms with E-state index in [9.17, 15) is 39.6 Å². The molecule has 0 spiro atoms. The predicted molar refractivity (Wildman–Crippen MR) is 123 cm³/mol. The number of rotatable bonds is 6. The number of amides is 1. The smallest absolute Gasteiger partial charge is 0.363 e. The Morgan fingerprint density at radius 1 is 1.10 bits per heavy atom. The Morgan fingerprint density at radius 2 is 1.79 bits per heavy atom. The van der Waals surface area contributed by atoms with Crippen LogP contribution in [0.25, 0.3) is 0 Å². The molecule has 17 heteroatoms. The summed E-state index contributed by atoms with van der Waals surface area (Å²) in [5.74, 6) is -1.29. The second-order valence-corrected chi connectivity index (χ2v) is 11.2. The zero-order chi connectivity index (χ0) is 28.6. The average molecular weight is 585 g/mol. The first-order valence-corrected chi connectivity index (χ1v) is 13.4. The summed E-state index contributed by atoms with van der Waals surface area (Å²) in [6, 6.07) is 0.908. The van der Waals surface area contributed by atoms with E-state index in [2.05, 4.69) is 15.6 Å². The molecule has 216 valence electrons. The molecule has 4 rings (SSSR count). The molecular weight excluding hydrogens is 558 g/mol. The first kappa shape index (κ1) is 29.2. The third-order valence-corrected chi connectivity index (χ3v) is 8.45. The van der Waals surface area contributed by atoms with Gasteiger partial charge in [0.05, 0.1) is 22.9 Å². The third-order valence-electron chi connectivity index (χ3n) is 6.69. The number of halogens is 6. The van der Waals surface area contributed by atoms with E-state index in [0.717, 1.165) is 0 Å². The Kier molecular flexibility index (Phi) is 8.26. The lowest BCUT2D eigenvalue weighted by Gasteiger charge is -2.41. The Morgan fingerprint density at radius 3 is 2.38 bits per heavy atom. The summed E-state index contributed by atoms with van der Waals surface area (Å²) in [7, 11) is -2.24. The van der Waals surface area contributed by atoms with Gasteiger partial charge >= 0.3 is 12.4 Å². The van der Waals surface area contributed by atoms with Crippen molar-refractivity contribution in [2.24, 2.45) is 13.0 Å². The van der Waals surface area contributed by atoms with E-state index in [1.165, 1.54) is 15.2 Å². The Hall–Kier alpha value is -2.76. The van der Waals surface area contributed by atoms with E-state index in [-0.39, 0.29) is 42.9 Å². The van der Waals surface area contributed by atoms with Crippen LogP contribution in [0.5, 0.6) is 0 Å². The van der Waals surface area contributed by atoms with Gasteiger partial charge in [-0.3, -0.25) is 14.4 Å². The average Bonchev–Trinajstić information content (AvgIpc) is 3.33. The van der Waals surface area contributed by atoms with Gasteiger partial charge in [-0.2, -0.15) is 30.6 Å². The van der Waals surface area contributed by atoms with Gasteiger partial charge < -0.3 is 10.1 Å². The molecule has 0 radical (unpaired) electrons. The minimum absolute atomic E-state index is 0.00195. The standard InChI is InChI=1S/C22H26F6N6O4S/c1-32-13-18(30-31-32)39(36,37)34-7-5-33(6-8-34)19-10-14(4-9-38-19)12-29-20(35)16-3-2-15(21(23,24)25)11-17(16)22(26,27)28/h2-3,11,13-14,19H,4-10,12H2,1H3,(H,29,35). The van der Waals surface area contributed by atoms with E-state index in [1.54, 1.807) is 7.05 Å². The topological polar surface area (TPSA) is 110 Å². The first-order chi connectivity index (χ1) is 18.2. The molecule has 2 unspecified atom stereocenters. The maximum Gasteiger partial charge on any atom is 0.417 e. The van der Waals surface area contributed by atoms with Crippen LogP contribution in [0.3, 0.4) is 0 Å². The first-order valence-electron chi connectivity index (χ1n) is 11.9. The molecule has 0 aliphatic carbocycles.